The molecule has 0 fully saturated rings. The molecular weight excluding hydrogens is 255 g/mol. The first-order chi connectivity index (χ1) is 9.04. The van der Waals surface area contributed by atoms with Crippen LogP contribution in [-0.4, -0.2) is 21.1 Å². The van der Waals surface area contributed by atoms with Gasteiger partial charge in [-0.25, -0.2) is 0 Å². The van der Waals surface area contributed by atoms with Crippen LogP contribution in [-0.2, 0) is 0 Å². The van der Waals surface area contributed by atoms with Crippen molar-refractivity contribution in [2.24, 2.45) is 0 Å². The van der Waals surface area contributed by atoms with Crippen LogP contribution >= 0.6 is 7.72 Å². The third kappa shape index (κ3) is 7.06. The summed E-state index contributed by atoms with van der Waals surface area (Å²) < 4.78 is 0. The average molecular weight is 292 g/mol. The predicted octanol–water partition coefficient (Wildman–Crippen LogP) is 5.27. The molecule has 0 aliphatic carbocycles. The van der Waals surface area contributed by atoms with Crippen molar-refractivity contribution in [2.45, 2.75) is 103 Å². The maximum absolute atomic E-state index is 10.7. The average Bonchev–Trinajstić information content (AvgIpc) is 2.39. The van der Waals surface area contributed by atoms with Crippen LogP contribution in [0, 0.1) is 0 Å². The molecule has 0 rings (SSSR count). The molecule has 0 saturated carbocycles. The van der Waals surface area contributed by atoms with Crippen LogP contribution in [0.25, 0.3) is 0 Å². The summed E-state index contributed by atoms with van der Waals surface area (Å²) in [5.41, 5.74) is 0.344. The summed E-state index contributed by atoms with van der Waals surface area (Å²) in [6.45, 7) is 8.62. The Labute approximate surface area is 121 Å². The van der Waals surface area contributed by atoms with Crippen molar-refractivity contribution in [1.82, 2.24) is 0 Å². The first-order valence-electron chi connectivity index (χ1n) is 8.49. The molecule has 0 saturated heterocycles. The zero-order valence-corrected chi connectivity index (χ0v) is 14.6. The molecule has 118 valence electrons. The number of hydrogen-bond acceptors (Lipinski definition) is 2. The van der Waals surface area contributed by atoms with Crippen molar-refractivity contribution < 1.29 is 9.79 Å². The van der Waals surface area contributed by atoms with Gasteiger partial charge < -0.3 is 0 Å². The summed E-state index contributed by atoms with van der Waals surface area (Å²) >= 11 is 0. The molecule has 0 aromatic carbocycles. The first-order valence-corrected chi connectivity index (χ1v) is 10.5. The third-order valence-corrected chi connectivity index (χ3v) is 8.30. The van der Waals surface area contributed by atoms with Gasteiger partial charge in [-0.2, -0.15) is 0 Å². The van der Waals surface area contributed by atoms with Gasteiger partial charge in [0.1, 0.15) is 0 Å². The molecule has 0 amide bonds. The van der Waals surface area contributed by atoms with Gasteiger partial charge in [0.25, 0.3) is 0 Å². The normalized spacial score (nSPS) is 16.3. The van der Waals surface area contributed by atoms with Crippen LogP contribution in [0.2, 0.25) is 0 Å². The van der Waals surface area contributed by atoms with Gasteiger partial charge in [0, 0.05) is 0 Å². The second-order valence-corrected chi connectivity index (χ2v) is 9.18. The van der Waals surface area contributed by atoms with Crippen LogP contribution in [0.4, 0.5) is 0 Å². The molecule has 2 N–H and O–H groups in total. The van der Waals surface area contributed by atoms with Gasteiger partial charge in [-0.05, 0) is 0 Å². The topological polar surface area (TPSA) is 40.5 Å². The van der Waals surface area contributed by atoms with E-state index in [9.17, 15) is 9.79 Å². The second-order valence-electron chi connectivity index (χ2n) is 5.98. The van der Waals surface area contributed by atoms with Crippen molar-refractivity contribution in [3.63, 3.8) is 0 Å². The van der Waals surface area contributed by atoms with Crippen molar-refractivity contribution in [3.8, 4) is 0 Å². The van der Waals surface area contributed by atoms with Crippen molar-refractivity contribution in [1.29, 1.82) is 0 Å². The van der Waals surface area contributed by atoms with E-state index >= 15 is 0 Å². The molecule has 0 aliphatic rings. The Hall–Kier alpha value is 0.350. The van der Waals surface area contributed by atoms with Gasteiger partial charge in [0.05, 0.1) is 0 Å². The Balaban J connectivity index is 4.45. The van der Waals surface area contributed by atoms with Crippen molar-refractivity contribution >= 4 is 7.72 Å². The number of hydrogen-bond donors (Lipinski definition) is 2. The Kier molecular flexibility index (Phi) is 11.3. The van der Waals surface area contributed by atoms with E-state index in [1.807, 2.05) is 0 Å². The molecule has 2 nitrogen and oxygen atoms in total. The molecule has 0 bridgehead atoms. The molecule has 0 spiro atoms. The Bertz CT molecular complexity index is 187. The minimum absolute atomic E-state index is 0.172. The molecule has 2 atom stereocenters. The Morgan fingerprint density at radius 3 is 1.32 bits per heavy atom. The third-order valence-electron chi connectivity index (χ3n) is 4.50. The van der Waals surface area contributed by atoms with E-state index in [1.54, 1.807) is 0 Å². The number of unbranched alkanes of at least 4 members (excludes halogenated alkanes) is 4. The summed E-state index contributed by atoms with van der Waals surface area (Å²) in [6.07, 6.45) is 11.0. The van der Waals surface area contributed by atoms with Gasteiger partial charge in [-0.3, -0.25) is 0 Å². The van der Waals surface area contributed by atoms with E-state index in [-0.39, 0.29) is 11.3 Å². The van der Waals surface area contributed by atoms with E-state index in [2.05, 4.69) is 27.7 Å². The predicted molar refractivity (Wildman–Crippen MR) is 89.2 cm³/mol. The van der Waals surface area contributed by atoms with E-state index in [4.69, 9.17) is 0 Å². The van der Waals surface area contributed by atoms with Crippen LogP contribution in [0.3, 0.4) is 0 Å². The van der Waals surface area contributed by atoms with Gasteiger partial charge in [0.15, 0.2) is 0 Å². The van der Waals surface area contributed by atoms with Gasteiger partial charge in [0.2, 0.25) is 0 Å². The monoisotopic (exact) mass is 292 g/mol. The van der Waals surface area contributed by atoms with Crippen LogP contribution in [0.1, 0.15) is 91.9 Å². The van der Waals surface area contributed by atoms with E-state index in [0.717, 1.165) is 38.5 Å². The molecule has 2 unspecified atom stereocenters. The van der Waals surface area contributed by atoms with E-state index < -0.39 is 7.72 Å². The summed E-state index contributed by atoms with van der Waals surface area (Å²) in [5, 5.41) is 0. The molecule has 19 heavy (non-hydrogen) atoms. The zero-order valence-electron chi connectivity index (χ0n) is 13.6. The molecule has 0 heterocycles. The van der Waals surface area contributed by atoms with Crippen molar-refractivity contribution in [3.05, 3.63) is 0 Å². The van der Waals surface area contributed by atoms with Gasteiger partial charge in [-0.15, -0.1) is 0 Å². The molecule has 0 aliphatic heterocycles. The van der Waals surface area contributed by atoms with Gasteiger partial charge >= 0.3 is 121 Å². The fourth-order valence-corrected chi connectivity index (χ4v) is 6.18. The minimum atomic E-state index is -3.06. The maximum atomic E-state index is 10.7. The summed E-state index contributed by atoms with van der Waals surface area (Å²) in [4.78, 5) is 21.5. The van der Waals surface area contributed by atoms with E-state index in [1.165, 1.54) is 25.7 Å². The zero-order chi connectivity index (χ0) is 14.7. The molecule has 0 radical (unpaired) electrons. The Morgan fingerprint density at radius 1 is 0.684 bits per heavy atom. The van der Waals surface area contributed by atoms with Crippen LogP contribution in [0.15, 0.2) is 0 Å². The summed E-state index contributed by atoms with van der Waals surface area (Å²) in [6, 6.07) is 0. The van der Waals surface area contributed by atoms with Crippen LogP contribution in [0.5, 0.6) is 0 Å². The fourth-order valence-electron chi connectivity index (χ4n) is 3.05. The van der Waals surface area contributed by atoms with Crippen LogP contribution < -0.4 is 0 Å². The number of rotatable bonds is 12. The Morgan fingerprint density at radius 2 is 1.05 bits per heavy atom. The molecular formula is C16H37O2P. The quantitative estimate of drug-likeness (QED) is 0.380. The SMILES string of the molecule is CCCCCC(CC)[PH](O)(O)C(CC)CCCCC. The van der Waals surface area contributed by atoms with Gasteiger partial charge in [-0.1, -0.05) is 0 Å². The molecule has 3 heteroatoms. The summed E-state index contributed by atoms with van der Waals surface area (Å²) in [5.74, 6) is 0. The van der Waals surface area contributed by atoms with E-state index in [0.29, 0.717) is 0 Å². The fraction of sp³-hybridized carbons (Fsp3) is 1.00. The standard InChI is InChI=1S/C16H37O2P/c1-5-9-11-13-15(7-3)19(17,18)16(8-4)14-12-10-6-2/h15-19H,5-14H2,1-4H3. The molecule has 0 aromatic rings. The summed E-state index contributed by atoms with van der Waals surface area (Å²) in [7, 11) is -3.06. The second kappa shape index (κ2) is 11.1. The molecule has 0 aromatic heterocycles. The first kappa shape index (κ1) is 19.4. The van der Waals surface area contributed by atoms with Crippen molar-refractivity contribution in [2.75, 3.05) is 0 Å².